The molecule has 0 saturated heterocycles. The van der Waals surface area contributed by atoms with Crippen LogP contribution >= 0.6 is 0 Å². The first-order chi connectivity index (χ1) is 34.3. The molecule has 72 heavy (non-hydrogen) atoms. The first-order valence-corrected chi connectivity index (χ1v) is 26.7. The van der Waals surface area contributed by atoms with E-state index < -0.39 is 65.4 Å². The zero-order valence-corrected chi connectivity index (χ0v) is 43.1. The second kappa shape index (κ2) is 27.7. The van der Waals surface area contributed by atoms with Gasteiger partial charge in [0.05, 0.1) is 24.7 Å². The number of carbonyl (C=O) groups excluding carboxylic acids is 7. The highest BCUT2D eigenvalue weighted by molar-refractivity contribution is 5.88. The Morgan fingerprint density at radius 3 is 1.79 bits per heavy atom. The lowest BCUT2D eigenvalue weighted by atomic mass is 9.41. The molecule has 4 aliphatic carbocycles. The van der Waals surface area contributed by atoms with Crippen molar-refractivity contribution < 1.29 is 47.8 Å². The highest BCUT2D eigenvalue weighted by atomic mass is 16.6. The van der Waals surface area contributed by atoms with E-state index in [0.29, 0.717) is 96.7 Å². The molecule has 14 atom stereocenters. The number of hydrogen-bond acceptors (Lipinski definition) is 16. The van der Waals surface area contributed by atoms with Gasteiger partial charge in [-0.3, -0.25) is 33.6 Å². The van der Waals surface area contributed by atoms with Crippen molar-refractivity contribution in [3.05, 3.63) is 35.9 Å². The second-order valence-electron chi connectivity index (χ2n) is 21.8. The van der Waals surface area contributed by atoms with E-state index in [0.717, 1.165) is 18.4 Å². The normalized spacial score (nSPS) is 29.1. The molecule has 3 amide bonds. The van der Waals surface area contributed by atoms with Gasteiger partial charge in [-0.15, -0.1) is 0 Å². The first-order valence-electron chi connectivity index (χ1n) is 26.7. The molecular weight excluding hydrogens is 923 g/mol. The van der Waals surface area contributed by atoms with Crippen LogP contribution in [-0.4, -0.2) is 111 Å². The summed E-state index contributed by atoms with van der Waals surface area (Å²) in [6, 6.07) is 7.14. The van der Waals surface area contributed by atoms with Gasteiger partial charge in [-0.1, -0.05) is 51.1 Å². The molecule has 0 bridgehead atoms. The van der Waals surface area contributed by atoms with E-state index >= 15 is 0 Å². The number of rotatable bonds is 28. The van der Waals surface area contributed by atoms with Crippen LogP contribution in [0.2, 0.25) is 0 Å². The lowest BCUT2D eigenvalue weighted by molar-refractivity contribution is -0.210. The Balaban J connectivity index is 1.41. The molecular formula is C53H87N9O10. The molecule has 15 N–H and O–H groups in total. The van der Waals surface area contributed by atoms with Crippen molar-refractivity contribution in [1.29, 1.82) is 0 Å². The number of benzene rings is 1. The third-order valence-electron chi connectivity index (χ3n) is 17.2. The van der Waals surface area contributed by atoms with Gasteiger partial charge in [-0.2, -0.15) is 0 Å². The van der Waals surface area contributed by atoms with E-state index in [9.17, 15) is 33.6 Å². The molecule has 0 aliphatic heterocycles. The summed E-state index contributed by atoms with van der Waals surface area (Å²) in [7, 11) is 0. The Bertz CT molecular complexity index is 1980. The number of carbonyl (C=O) groups is 7. The molecule has 19 nitrogen and oxygen atoms in total. The maximum Gasteiger partial charge on any atom is 0.325 e. The number of nitrogens with one attached hydrogen (secondary N) is 3. The summed E-state index contributed by atoms with van der Waals surface area (Å²) in [5, 5.41) is 8.05. The van der Waals surface area contributed by atoms with Crippen molar-refractivity contribution in [2.24, 2.45) is 86.7 Å². The topological polar surface area (TPSA) is 339 Å². The predicted molar refractivity (Wildman–Crippen MR) is 271 cm³/mol. The monoisotopic (exact) mass is 1010 g/mol. The van der Waals surface area contributed by atoms with Crippen LogP contribution in [0.5, 0.6) is 0 Å². The minimum absolute atomic E-state index is 0.00896. The smallest absolute Gasteiger partial charge is 0.325 e. The fourth-order valence-electron chi connectivity index (χ4n) is 13.2. The molecule has 4 saturated carbocycles. The van der Waals surface area contributed by atoms with Gasteiger partial charge >= 0.3 is 17.9 Å². The van der Waals surface area contributed by atoms with Crippen molar-refractivity contribution in [2.75, 3.05) is 39.3 Å². The molecule has 1 aromatic carbocycles. The highest BCUT2D eigenvalue weighted by Gasteiger charge is 2.67. The molecule has 19 heteroatoms. The van der Waals surface area contributed by atoms with Gasteiger partial charge < -0.3 is 64.6 Å². The lowest BCUT2D eigenvalue weighted by Gasteiger charge is -2.65. The Morgan fingerprint density at radius 1 is 0.667 bits per heavy atom. The van der Waals surface area contributed by atoms with Gasteiger partial charge in [0.2, 0.25) is 17.7 Å². The maximum atomic E-state index is 14.1. The van der Waals surface area contributed by atoms with Crippen LogP contribution in [0.25, 0.3) is 0 Å². The molecule has 0 aromatic heterocycles. The number of Topliss-reactive ketones (excluding diaryl/α,β-unsaturated/α-hetero) is 1. The number of fused-ring (bicyclic) bond motifs is 5. The summed E-state index contributed by atoms with van der Waals surface area (Å²) in [6.07, 6.45) is 7.49. The molecule has 1 aromatic rings. The number of amides is 3. The van der Waals surface area contributed by atoms with E-state index in [-0.39, 0.29) is 97.7 Å². The van der Waals surface area contributed by atoms with E-state index in [2.05, 4.69) is 36.7 Å². The van der Waals surface area contributed by atoms with Crippen molar-refractivity contribution in [2.45, 2.75) is 160 Å². The first kappa shape index (κ1) is 58.4. The number of hydrogen-bond donors (Lipinski definition) is 9. The van der Waals surface area contributed by atoms with Crippen molar-refractivity contribution in [1.82, 2.24) is 16.0 Å². The van der Waals surface area contributed by atoms with Crippen molar-refractivity contribution in [3.8, 4) is 0 Å². The van der Waals surface area contributed by atoms with Crippen LogP contribution in [0, 0.1) is 52.3 Å². The van der Waals surface area contributed by atoms with Gasteiger partial charge in [0.25, 0.3) is 0 Å². The van der Waals surface area contributed by atoms with Crippen LogP contribution in [0.3, 0.4) is 0 Å². The van der Waals surface area contributed by atoms with Crippen molar-refractivity contribution in [3.63, 3.8) is 0 Å². The second-order valence-corrected chi connectivity index (χ2v) is 21.8. The lowest BCUT2D eigenvalue weighted by Crippen LogP contribution is -2.62. The molecule has 4 aliphatic rings. The van der Waals surface area contributed by atoms with Gasteiger partial charge in [-0.05, 0) is 162 Å². The van der Waals surface area contributed by atoms with Crippen molar-refractivity contribution >= 4 is 41.4 Å². The van der Waals surface area contributed by atoms with Crippen LogP contribution in [0.1, 0.15) is 129 Å². The Morgan fingerprint density at radius 2 is 1.22 bits per heavy atom. The van der Waals surface area contributed by atoms with Gasteiger partial charge in [0.1, 0.15) is 31.9 Å². The van der Waals surface area contributed by atoms with E-state index in [1.54, 1.807) is 0 Å². The molecule has 0 unspecified atom stereocenters. The summed E-state index contributed by atoms with van der Waals surface area (Å²) in [6.45, 7) is 7.17. The summed E-state index contributed by atoms with van der Waals surface area (Å²) in [5.41, 5.74) is 35.1. The third kappa shape index (κ3) is 15.3. The molecule has 0 radical (unpaired) electrons. The molecule has 5 rings (SSSR count). The van der Waals surface area contributed by atoms with Gasteiger partial charge in [-0.25, -0.2) is 0 Å². The zero-order chi connectivity index (χ0) is 52.6. The van der Waals surface area contributed by atoms with Crippen LogP contribution in [0.4, 0.5) is 0 Å². The minimum atomic E-state index is -0.823. The Hall–Kier alpha value is -4.53. The molecule has 0 heterocycles. The minimum Gasteiger partial charge on any atom is -0.461 e. The number of ether oxygens (including phenoxy) is 3. The summed E-state index contributed by atoms with van der Waals surface area (Å²) in [5.74, 6) is -2.89. The van der Waals surface area contributed by atoms with E-state index in [1.165, 1.54) is 0 Å². The average molecular weight is 1010 g/mol. The SMILES string of the molecule is C[C@H](CCC(=O)OCc1ccccc1)[C@H]1CC[C@H]2[C@@H]3[C@H](CC(=O)CNC(=O)[C@@H](N)CCCN)C[C@@H]4C[C@H](OC(=O)CNC(=O)[C@@H](N)CCCN)CC[C@]4(C)[C@H]3C[C@H](OC(=O)CNC(=O)[C@@H](N)CCCN)[C@]12C. The van der Waals surface area contributed by atoms with Gasteiger partial charge in [0.15, 0.2) is 5.78 Å². The summed E-state index contributed by atoms with van der Waals surface area (Å²) < 4.78 is 18.3. The third-order valence-corrected chi connectivity index (χ3v) is 17.2. The number of ketones is 1. The highest BCUT2D eigenvalue weighted by Crippen LogP contribution is 2.70. The fourth-order valence-corrected chi connectivity index (χ4v) is 13.2. The molecule has 404 valence electrons. The predicted octanol–water partition coefficient (Wildman–Crippen LogP) is 1.97. The molecule has 0 spiro atoms. The van der Waals surface area contributed by atoms with Gasteiger partial charge in [0, 0.05) is 18.3 Å². The Labute approximate surface area is 426 Å². The average Bonchev–Trinajstić information content (AvgIpc) is 3.73. The molecule has 4 fully saturated rings. The summed E-state index contributed by atoms with van der Waals surface area (Å²) in [4.78, 5) is 93.0. The Kier molecular flexibility index (Phi) is 22.4. The zero-order valence-electron chi connectivity index (χ0n) is 43.1. The van der Waals surface area contributed by atoms with E-state index in [4.69, 9.17) is 48.6 Å². The van der Waals surface area contributed by atoms with Crippen LogP contribution in [0.15, 0.2) is 30.3 Å². The van der Waals surface area contributed by atoms with Crippen LogP contribution < -0.4 is 50.4 Å². The van der Waals surface area contributed by atoms with E-state index in [1.807, 2.05) is 30.3 Å². The number of esters is 3. The summed E-state index contributed by atoms with van der Waals surface area (Å²) >= 11 is 0. The quantitative estimate of drug-likeness (QED) is 0.0428. The van der Waals surface area contributed by atoms with Crippen LogP contribution in [-0.2, 0) is 54.4 Å². The standard InChI is InChI=1S/C53H87N9O10/c1-32(15-18-45(64)70-31-33-10-5-4-6-11-33)38-16-17-39-48-34(25-36(63)28-60-49(67)41(57)12-7-21-54)24-35-26-37(71-46(65)29-61-50(68)42(58)13-8-22-55)19-20-52(35,2)40(48)27-44(53(38,39)3)72-47(66)30-62-51(69)43(59)14-9-23-56/h4-6,10-11,32,34-35,37-44,48H,7-9,12-31,54-59H2,1-3H3,(H,60,67)(H,61,68)(H,62,69)/t32-,34+,35-,37-,38-,39+,40+,41+,42+,43+,44+,48+,52+,53-/m1/s1. The largest absolute Gasteiger partial charge is 0.461 e. The number of nitrogens with two attached hydrogens (primary N) is 6. The maximum absolute atomic E-state index is 14.1. The fraction of sp³-hybridized carbons (Fsp3) is 0.755.